The van der Waals surface area contributed by atoms with E-state index in [1.807, 2.05) is 0 Å². The lowest BCUT2D eigenvalue weighted by molar-refractivity contribution is 0.00831. The van der Waals surface area contributed by atoms with E-state index < -0.39 is 0 Å². The van der Waals surface area contributed by atoms with Crippen molar-refractivity contribution in [2.24, 2.45) is 10.6 Å². The van der Waals surface area contributed by atoms with Gasteiger partial charge in [-0.2, -0.15) is 0 Å². The molecule has 1 aliphatic rings. The zero-order valence-electron chi connectivity index (χ0n) is 7.85. The lowest BCUT2D eigenvalue weighted by atomic mass is 9.86. The average Bonchev–Trinajstić information content (AvgIpc) is 2.32. The van der Waals surface area contributed by atoms with Crippen LogP contribution in [-0.4, -0.2) is 11.8 Å². The zero-order valence-corrected chi connectivity index (χ0v) is 7.85. The van der Waals surface area contributed by atoms with Crippen LogP contribution in [0.1, 0.15) is 40.5 Å². The van der Waals surface area contributed by atoms with Gasteiger partial charge in [0.15, 0.2) is 0 Å². The highest BCUT2D eigenvalue weighted by molar-refractivity contribution is 5.85. The highest BCUT2D eigenvalue weighted by atomic mass is 16.6. The van der Waals surface area contributed by atoms with Gasteiger partial charge in [-0.05, 0) is 6.42 Å². The first kappa shape index (κ1) is 8.57. The molecule has 64 valence electrons. The Labute approximate surface area is 68.6 Å². The van der Waals surface area contributed by atoms with E-state index in [0.717, 1.165) is 12.8 Å². The maximum atomic E-state index is 5.31. The van der Waals surface area contributed by atoms with Crippen LogP contribution in [0.15, 0.2) is 5.16 Å². The minimum Gasteiger partial charge on any atom is -0.392 e. The molecule has 2 heteroatoms. The number of oxime groups is 1. The molecule has 0 amide bonds. The summed E-state index contributed by atoms with van der Waals surface area (Å²) in [6.07, 6.45) is 2.32. The normalized spacial score (nSPS) is 24.7. The van der Waals surface area contributed by atoms with Crippen LogP contribution in [0.3, 0.4) is 0 Å². The Kier molecular flexibility index (Phi) is 2.21. The summed E-state index contributed by atoms with van der Waals surface area (Å²) in [7, 11) is 0. The van der Waals surface area contributed by atoms with Crippen LogP contribution < -0.4 is 0 Å². The van der Waals surface area contributed by atoms with E-state index in [1.54, 1.807) is 0 Å². The van der Waals surface area contributed by atoms with Gasteiger partial charge < -0.3 is 4.84 Å². The van der Waals surface area contributed by atoms with Crippen LogP contribution in [-0.2, 0) is 4.84 Å². The second kappa shape index (κ2) is 2.84. The third-order valence-corrected chi connectivity index (χ3v) is 2.10. The molecule has 0 aromatic heterocycles. The maximum absolute atomic E-state index is 5.31. The number of rotatable bonds is 1. The lowest BCUT2D eigenvalue weighted by Crippen LogP contribution is -2.26. The van der Waals surface area contributed by atoms with Crippen molar-refractivity contribution in [3.05, 3.63) is 0 Å². The third kappa shape index (κ3) is 1.95. The molecule has 0 N–H and O–H groups in total. The van der Waals surface area contributed by atoms with Crippen LogP contribution in [0.25, 0.3) is 0 Å². The van der Waals surface area contributed by atoms with Crippen molar-refractivity contribution in [3.63, 3.8) is 0 Å². The first-order valence-corrected chi connectivity index (χ1v) is 4.25. The van der Waals surface area contributed by atoms with Gasteiger partial charge in [-0.3, -0.25) is 0 Å². The van der Waals surface area contributed by atoms with E-state index in [0.29, 0.717) is 0 Å². The summed E-state index contributed by atoms with van der Waals surface area (Å²) in [5.74, 6) is 0. The van der Waals surface area contributed by atoms with Crippen molar-refractivity contribution < 1.29 is 4.84 Å². The lowest BCUT2D eigenvalue weighted by Gasteiger charge is -2.23. The molecule has 2 nitrogen and oxygen atoms in total. The summed E-state index contributed by atoms with van der Waals surface area (Å²) < 4.78 is 0. The summed E-state index contributed by atoms with van der Waals surface area (Å²) in [4.78, 5) is 5.31. The van der Waals surface area contributed by atoms with Crippen LogP contribution in [0.5, 0.6) is 0 Å². The van der Waals surface area contributed by atoms with Gasteiger partial charge in [0.05, 0.1) is 5.71 Å². The summed E-state index contributed by atoms with van der Waals surface area (Å²) in [5.41, 5.74) is 1.42. The fraction of sp³-hybridized carbons (Fsp3) is 0.889. The van der Waals surface area contributed by atoms with E-state index >= 15 is 0 Å². The van der Waals surface area contributed by atoms with Crippen LogP contribution in [0.4, 0.5) is 0 Å². The van der Waals surface area contributed by atoms with Crippen molar-refractivity contribution in [3.8, 4) is 0 Å². The van der Waals surface area contributed by atoms with Crippen molar-refractivity contribution in [2.45, 2.75) is 46.6 Å². The maximum Gasteiger partial charge on any atom is 0.137 e. The molecule has 0 aromatic carbocycles. The minimum absolute atomic E-state index is 0.223. The topological polar surface area (TPSA) is 21.6 Å². The van der Waals surface area contributed by atoms with Crippen LogP contribution in [0, 0.1) is 5.41 Å². The standard InChI is InChI=1S/C9H17NO/c1-5-7-6-8(11-10-7)9(2,3)4/h8H,5-6H2,1-4H3. The van der Waals surface area contributed by atoms with Gasteiger partial charge in [0, 0.05) is 11.8 Å². The third-order valence-electron chi connectivity index (χ3n) is 2.10. The van der Waals surface area contributed by atoms with Gasteiger partial charge in [-0.1, -0.05) is 32.9 Å². The SMILES string of the molecule is CCC1=NOC(C(C)(C)C)C1. The highest BCUT2D eigenvalue weighted by Crippen LogP contribution is 2.29. The molecule has 0 aromatic rings. The molecule has 0 bridgehead atoms. The zero-order chi connectivity index (χ0) is 8.48. The van der Waals surface area contributed by atoms with Gasteiger partial charge in [-0.15, -0.1) is 0 Å². The number of hydrogen-bond donors (Lipinski definition) is 0. The summed E-state index contributed by atoms with van der Waals surface area (Å²) >= 11 is 0. The number of hydrogen-bond acceptors (Lipinski definition) is 2. The molecule has 1 unspecified atom stereocenters. The van der Waals surface area contributed by atoms with Crippen molar-refractivity contribution in [2.75, 3.05) is 0 Å². The first-order chi connectivity index (χ1) is 5.04. The van der Waals surface area contributed by atoms with Crippen molar-refractivity contribution in [1.29, 1.82) is 0 Å². The Morgan fingerprint density at radius 3 is 2.45 bits per heavy atom. The fourth-order valence-corrected chi connectivity index (χ4v) is 1.10. The van der Waals surface area contributed by atoms with E-state index in [4.69, 9.17) is 4.84 Å². The summed E-state index contributed by atoms with van der Waals surface area (Å²) in [6, 6.07) is 0. The van der Waals surface area contributed by atoms with E-state index in [9.17, 15) is 0 Å². The largest absolute Gasteiger partial charge is 0.392 e. The molecular weight excluding hydrogens is 138 g/mol. The van der Waals surface area contributed by atoms with E-state index in [1.165, 1.54) is 5.71 Å². The van der Waals surface area contributed by atoms with Crippen molar-refractivity contribution in [1.82, 2.24) is 0 Å². The summed E-state index contributed by atoms with van der Waals surface area (Å²) in [5, 5.41) is 4.02. The predicted octanol–water partition coefficient (Wildman–Crippen LogP) is 2.59. The van der Waals surface area contributed by atoms with Crippen LogP contribution in [0.2, 0.25) is 0 Å². The molecule has 1 aliphatic heterocycles. The number of nitrogens with zero attached hydrogens (tertiary/aromatic N) is 1. The molecule has 1 heterocycles. The molecule has 0 saturated carbocycles. The predicted molar refractivity (Wildman–Crippen MR) is 46.7 cm³/mol. The molecule has 1 rings (SSSR count). The molecule has 0 spiro atoms. The van der Waals surface area contributed by atoms with E-state index in [-0.39, 0.29) is 11.5 Å². The van der Waals surface area contributed by atoms with Crippen LogP contribution >= 0.6 is 0 Å². The minimum atomic E-state index is 0.223. The van der Waals surface area contributed by atoms with E-state index in [2.05, 4.69) is 32.9 Å². The fourth-order valence-electron chi connectivity index (χ4n) is 1.10. The van der Waals surface area contributed by atoms with Gasteiger partial charge in [0.2, 0.25) is 0 Å². The molecular formula is C9H17NO. The second-order valence-electron chi connectivity index (χ2n) is 4.18. The Morgan fingerprint density at radius 2 is 2.18 bits per heavy atom. The summed E-state index contributed by atoms with van der Waals surface area (Å²) in [6.45, 7) is 8.68. The molecule has 0 aliphatic carbocycles. The highest BCUT2D eigenvalue weighted by Gasteiger charge is 2.31. The molecule has 0 fully saturated rings. The molecule has 0 saturated heterocycles. The first-order valence-electron chi connectivity index (χ1n) is 4.25. The smallest absolute Gasteiger partial charge is 0.137 e. The Bertz CT molecular complexity index is 167. The van der Waals surface area contributed by atoms with Gasteiger partial charge in [0.1, 0.15) is 6.10 Å². The van der Waals surface area contributed by atoms with Gasteiger partial charge in [0.25, 0.3) is 0 Å². The second-order valence-corrected chi connectivity index (χ2v) is 4.18. The van der Waals surface area contributed by atoms with Gasteiger partial charge >= 0.3 is 0 Å². The molecule has 11 heavy (non-hydrogen) atoms. The Morgan fingerprint density at radius 1 is 1.55 bits per heavy atom. The quantitative estimate of drug-likeness (QED) is 0.570. The van der Waals surface area contributed by atoms with Crippen molar-refractivity contribution >= 4 is 5.71 Å². The molecule has 0 radical (unpaired) electrons. The monoisotopic (exact) mass is 155 g/mol. The average molecular weight is 155 g/mol. The molecule has 1 atom stereocenters. The van der Waals surface area contributed by atoms with Gasteiger partial charge in [-0.25, -0.2) is 0 Å². The Balaban J connectivity index is 2.48. The Hall–Kier alpha value is -0.530.